The molecule has 0 aliphatic carbocycles. The van der Waals surface area contributed by atoms with Gasteiger partial charge in [0.2, 0.25) is 0 Å². The molecule has 0 nitrogen and oxygen atoms in total. The Morgan fingerprint density at radius 2 is 1.71 bits per heavy atom. The normalized spacial score (nSPS) is 12.1. The maximum Gasteiger partial charge on any atom is 0.0779 e. The summed E-state index contributed by atoms with van der Waals surface area (Å²) >= 11 is 0. The summed E-state index contributed by atoms with van der Waals surface area (Å²) in [7, 11) is -1.24. The van der Waals surface area contributed by atoms with Gasteiger partial charge in [0.1, 0.15) is 0 Å². The highest BCUT2D eigenvalue weighted by atomic mass is 28.3. The molecule has 0 radical (unpaired) electrons. The maximum atomic E-state index is 2.43. The Hall–Kier alpha value is -1.08. The number of hydrogen-bond acceptors (Lipinski definition) is 0. The SMILES string of the molecule is CCc1c(C)c([Si](C)(C)C)cc2ccccc12. The number of aryl methyl sites for hydroxylation is 1. The van der Waals surface area contributed by atoms with Crippen LogP contribution in [0.3, 0.4) is 0 Å². The van der Waals surface area contributed by atoms with Crippen LogP contribution in [0.5, 0.6) is 0 Å². The van der Waals surface area contributed by atoms with E-state index in [2.05, 4.69) is 63.8 Å². The van der Waals surface area contributed by atoms with Crippen LogP contribution >= 0.6 is 0 Å². The predicted molar refractivity (Wildman–Crippen MR) is 81.0 cm³/mol. The molecule has 0 unspecified atom stereocenters. The molecule has 0 bridgehead atoms. The molecule has 0 aliphatic rings. The molecule has 0 N–H and O–H groups in total. The van der Waals surface area contributed by atoms with E-state index in [9.17, 15) is 0 Å². The van der Waals surface area contributed by atoms with Crippen LogP contribution in [0.25, 0.3) is 10.8 Å². The highest BCUT2D eigenvalue weighted by Crippen LogP contribution is 2.23. The molecule has 2 rings (SSSR count). The second-order valence-electron chi connectivity index (χ2n) is 5.85. The van der Waals surface area contributed by atoms with Gasteiger partial charge in [-0.05, 0) is 35.2 Å². The van der Waals surface area contributed by atoms with Gasteiger partial charge in [0.15, 0.2) is 0 Å². The van der Waals surface area contributed by atoms with E-state index in [4.69, 9.17) is 0 Å². The number of rotatable bonds is 2. The first-order chi connectivity index (χ1) is 7.95. The minimum absolute atomic E-state index is 1.13. The molecule has 0 amide bonds. The van der Waals surface area contributed by atoms with E-state index in [-0.39, 0.29) is 0 Å². The van der Waals surface area contributed by atoms with Crippen molar-refractivity contribution in [2.45, 2.75) is 39.9 Å². The largest absolute Gasteiger partial charge is 0.0779 e. The summed E-state index contributed by atoms with van der Waals surface area (Å²) in [5.41, 5.74) is 3.07. The van der Waals surface area contributed by atoms with Gasteiger partial charge in [-0.3, -0.25) is 0 Å². The van der Waals surface area contributed by atoms with Gasteiger partial charge in [0, 0.05) is 0 Å². The maximum absolute atomic E-state index is 2.43. The second-order valence-corrected chi connectivity index (χ2v) is 10.9. The fraction of sp³-hybridized carbons (Fsp3) is 0.375. The summed E-state index contributed by atoms with van der Waals surface area (Å²) in [4.78, 5) is 0. The fourth-order valence-electron chi connectivity index (χ4n) is 2.76. The Labute approximate surface area is 106 Å². The average Bonchev–Trinajstić information content (AvgIpc) is 2.27. The standard InChI is InChI=1S/C16H22Si/c1-6-14-12(2)16(17(3,4)5)11-13-9-7-8-10-15(13)14/h7-11H,6H2,1-5H3. The first kappa shape index (κ1) is 12.4. The topological polar surface area (TPSA) is 0 Å². The molecule has 0 saturated heterocycles. The Bertz CT molecular complexity index is 547. The molecule has 0 aromatic heterocycles. The monoisotopic (exact) mass is 242 g/mol. The Balaban J connectivity index is 2.85. The van der Waals surface area contributed by atoms with Gasteiger partial charge in [-0.2, -0.15) is 0 Å². The van der Waals surface area contributed by atoms with E-state index in [0.717, 1.165) is 6.42 Å². The Kier molecular flexibility index (Phi) is 3.13. The summed E-state index contributed by atoms with van der Waals surface area (Å²) in [5.74, 6) is 0. The van der Waals surface area contributed by atoms with E-state index in [1.54, 1.807) is 10.8 Å². The molecule has 0 heterocycles. The zero-order chi connectivity index (χ0) is 12.6. The van der Waals surface area contributed by atoms with Crippen LogP contribution in [-0.4, -0.2) is 8.07 Å². The predicted octanol–water partition coefficient (Wildman–Crippen LogP) is 4.26. The fourth-order valence-corrected chi connectivity index (χ4v) is 4.63. The van der Waals surface area contributed by atoms with Gasteiger partial charge < -0.3 is 0 Å². The molecule has 17 heavy (non-hydrogen) atoms. The first-order valence-corrected chi connectivity index (χ1v) is 9.97. The minimum atomic E-state index is -1.24. The highest BCUT2D eigenvalue weighted by molar-refractivity contribution is 6.89. The molecular weight excluding hydrogens is 220 g/mol. The van der Waals surface area contributed by atoms with Gasteiger partial charge in [-0.25, -0.2) is 0 Å². The van der Waals surface area contributed by atoms with E-state index >= 15 is 0 Å². The molecule has 0 saturated carbocycles. The van der Waals surface area contributed by atoms with Crippen LogP contribution in [0.4, 0.5) is 0 Å². The minimum Gasteiger partial charge on any atom is -0.0656 e. The van der Waals surface area contributed by atoms with Crippen molar-refractivity contribution in [2.75, 3.05) is 0 Å². The second kappa shape index (κ2) is 4.30. The zero-order valence-electron chi connectivity index (χ0n) is 11.6. The molecule has 0 fully saturated rings. The smallest absolute Gasteiger partial charge is 0.0656 e. The molecule has 2 aromatic rings. The average molecular weight is 242 g/mol. The van der Waals surface area contributed by atoms with Crippen molar-refractivity contribution in [3.05, 3.63) is 41.5 Å². The van der Waals surface area contributed by atoms with Crippen LogP contribution in [0.2, 0.25) is 19.6 Å². The van der Waals surface area contributed by atoms with Gasteiger partial charge in [-0.1, -0.05) is 62.1 Å². The summed E-state index contributed by atoms with van der Waals surface area (Å²) in [6.45, 7) is 11.9. The van der Waals surface area contributed by atoms with Gasteiger partial charge >= 0.3 is 0 Å². The van der Waals surface area contributed by atoms with Crippen molar-refractivity contribution in [1.82, 2.24) is 0 Å². The van der Waals surface area contributed by atoms with Crippen molar-refractivity contribution >= 4 is 24.0 Å². The van der Waals surface area contributed by atoms with Crippen molar-refractivity contribution in [3.63, 3.8) is 0 Å². The molecule has 0 aliphatic heterocycles. The number of fused-ring (bicyclic) bond motifs is 1. The highest BCUT2D eigenvalue weighted by Gasteiger charge is 2.21. The number of hydrogen-bond donors (Lipinski definition) is 0. The lowest BCUT2D eigenvalue weighted by Crippen LogP contribution is -2.40. The van der Waals surface area contributed by atoms with Crippen LogP contribution in [0.15, 0.2) is 30.3 Å². The molecule has 2 aromatic carbocycles. The van der Waals surface area contributed by atoms with Gasteiger partial charge in [0.05, 0.1) is 8.07 Å². The number of benzene rings is 2. The Morgan fingerprint density at radius 1 is 1.06 bits per heavy atom. The third-order valence-electron chi connectivity index (χ3n) is 3.60. The molecular formula is C16H22Si. The molecule has 90 valence electrons. The van der Waals surface area contributed by atoms with Crippen molar-refractivity contribution in [2.24, 2.45) is 0 Å². The van der Waals surface area contributed by atoms with Crippen LogP contribution in [0.1, 0.15) is 18.1 Å². The van der Waals surface area contributed by atoms with E-state index in [1.807, 2.05) is 0 Å². The quantitative estimate of drug-likeness (QED) is 0.690. The first-order valence-electron chi connectivity index (χ1n) is 6.47. The van der Waals surface area contributed by atoms with Gasteiger partial charge in [0.25, 0.3) is 0 Å². The van der Waals surface area contributed by atoms with Crippen LogP contribution in [0, 0.1) is 6.92 Å². The lowest BCUT2D eigenvalue weighted by Gasteiger charge is -2.23. The van der Waals surface area contributed by atoms with E-state index in [0.29, 0.717) is 0 Å². The van der Waals surface area contributed by atoms with E-state index in [1.165, 1.54) is 16.3 Å². The summed E-state index contributed by atoms with van der Waals surface area (Å²) in [6.07, 6.45) is 1.13. The van der Waals surface area contributed by atoms with Crippen molar-refractivity contribution in [1.29, 1.82) is 0 Å². The third-order valence-corrected chi connectivity index (χ3v) is 5.74. The molecule has 0 atom stereocenters. The lowest BCUT2D eigenvalue weighted by molar-refractivity contribution is 1.13. The van der Waals surface area contributed by atoms with Crippen molar-refractivity contribution < 1.29 is 0 Å². The zero-order valence-corrected chi connectivity index (χ0v) is 12.6. The Morgan fingerprint density at radius 3 is 2.29 bits per heavy atom. The lowest BCUT2D eigenvalue weighted by atomic mass is 9.98. The van der Waals surface area contributed by atoms with Gasteiger partial charge in [-0.15, -0.1) is 0 Å². The summed E-state index contributed by atoms with van der Waals surface area (Å²) < 4.78 is 0. The third kappa shape index (κ3) is 2.16. The van der Waals surface area contributed by atoms with Crippen molar-refractivity contribution in [3.8, 4) is 0 Å². The summed E-state index contributed by atoms with van der Waals surface area (Å²) in [6, 6.07) is 11.2. The molecule has 1 heteroatoms. The van der Waals surface area contributed by atoms with Crippen LogP contribution in [-0.2, 0) is 6.42 Å². The molecule has 0 spiro atoms. The van der Waals surface area contributed by atoms with Crippen LogP contribution < -0.4 is 5.19 Å². The van der Waals surface area contributed by atoms with E-state index < -0.39 is 8.07 Å². The summed E-state index contributed by atoms with van der Waals surface area (Å²) in [5, 5.41) is 4.47.